The Balaban J connectivity index is 0.00000196. The minimum Gasteiger partial charge on any atom is -0.478 e. The van der Waals surface area contributed by atoms with Crippen LogP contribution in [-0.2, 0) is 18.6 Å². The van der Waals surface area contributed by atoms with Crippen molar-refractivity contribution in [2.24, 2.45) is 0 Å². The van der Waals surface area contributed by atoms with Crippen molar-refractivity contribution in [1.29, 1.82) is 0 Å². The van der Waals surface area contributed by atoms with Crippen LogP contribution in [0.1, 0.15) is 44.8 Å². The highest BCUT2D eigenvalue weighted by Gasteiger charge is 2.50. The number of rotatable bonds is 4. The van der Waals surface area contributed by atoms with Crippen molar-refractivity contribution in [2.75, 3.05) is 13.6 Å². The maximum atomic E-state index is 13.1. The Morgan fingerprint density at radius 1 is 1.27 bits per heavy atom. The summed E-state index contributed by atoms with van der Waals surface area (Å²) in [4.78, 5) is 25.9. The molecule has 4 rings (SSSR count). The van der Waals surface area contributed by atoms with Crippen molar-refractivity contribution in [3.63, 3.8) is 0 Å². The monoisotopic (exact) mass is 376 g/mol. The molecule has 1 aromatic heterocycles. The molecule has 2 aliphatic rings. The van der Waals surface area contributed by atoms with Gasteiger partial charge < -0.3 is 15.3 Å². The Bertz CT molecular complexity index is 843. The van der Waals surface area contributed by atoms with Crippen LogP contribution >= 0.6 is 12.4 Å². The molecule has 138 valence electrons. The lowest BCUT2D eigenvalue weighted by atomic mass is 10.0. The highest BCUT2D eigenvalue weighted by molar-refractivity contribution is 5.96. The quantitative estimate of drug-likeness (QED) is 0.850. The Morgan fingerprint density at radius 2 is 1.96 bits per heavy atom. The molecule has 2 aromatic rings. The van der Waals surface area contributed by atoms with E-state index >= 15 is 0 Å². The molecule has 0 unspecified atom stereocenters. The van der Waals surface area contributed by atoms with Crippen LogP contribution in [0.5, 0.6) is 0 Å². The van der Waals surface area contributed by atoms with E-state index in [0.29, 0.717) is 12.1 Å². The van der Waals surface area contributed by atoms with Gasteiger partial charge in [0.2, 0.25) is 0 Å². The summed E-state index contributed by atoms with van der Waals surface area (Å²) >= 11 is 0. The molecule has 1 aromatic carbocycles. The van der Waals surface area contributed by atoms with Gasteiger partial charge in [0.15, 0.2) is 0 Å². The number of benzene rings is 1. The van der Waals surface area contributed by atoms with E-state index in [2.05, 4.69) is 10.4 Å². The number of aromatic nitrogens is 2. The molecule has 8 heteroatoms. The van der Waals surface area contributed by atoms with Crippen molar-refractivity contribution in [1.82, 2.24) is 20.0 Å². The zero-order valence-corrected chi connectivity index (χ0v) is 15.3. The van der Waals surface area contributed by atoms with E-state index in [1.54, 1.807) is 23.2 Å². The van der Waals surface area contributed by atoms with Gasteiger partial charge in [0, 0.05) is 20.1 Å². The summed E-state index contributed by atoms with van der Waals surface area (Å²) in [5.41, 5.74) is 2.46. The summed E-state index contributed by atoms with van der Waals surface area (Å²) in [5, 5.41) is 16.7. The normalized spacial score (nSPS) is 17.0. The molecule has 1 aliphatic heterocycles. The molecule has 0 spiro atoms. The number of hydrogen-bond donors (Lipinski definition) is 2. The summed E-state index contributed by atoms with van der Waals surface area (Å²) in [6.07, 6.45) is 3.41. The van der Waals surface area contributed by atoms with Crippen LogP contribution in [0.15, 0.2) is 30.5 Å². The predicted octanol–water partition coefficient (Wildman–Crippen LogP) is 1.87. The molecule has 0 atom stereocenters. The number of fused-ring (bicyclic) bond motifs is 1. The number of nitrogens with one attached hydrogen (secondary N) is 1. The first-order chi connectivity index (χ1) is 12.0. The van der Waals surface area contributed by atoms with Crippen LogP contribution in [0.4, 0.5) is 0 Å². The molecule has 0 radical (unpaired) electrons. The van der Waals surface area contributed by atoms with E-state index in [1.807, 2.05) is 23.9 Å². The molecule has 0 bridgehead atoms. The minimum absolute atomic E-state index is 0. The second-order valence-electron chi connectivity index (χ2n) is 6.68. The number of nitrogens with zero attached hydrogens (tertiary/aromatic N) is 3. The number of amides is 1. The molecule has 2 N–H and O–H groups in total. The van der Waals surface area contributed by atoms with Gasteiger partial charge in [-0.1, -0.05) is 12.1 Å². The Kier molecular flexibility index (Phi) is 4.77. The van der Waals surface area contributed by atoms with Crippen molar-refractivity contribution < 1.29 is 14.7 Å². The summed E-state index contributed by atoms with van der Waals surface area (Å²) in [7, 11) is 1.82. The van der Waals surface area contributed by atoms with E-state index in [-0.39, 0.29) is 29.4 Å². The fraction of sp³-hybridized carbons (Fsp3) is 0.389. The van der Waals surface area contributed by atoms with Crippen LogP contribution in [0.2, 0.25) is 0 Å². The number of hydrogen-bond acceptors (Lipinski definition) is 4. The van der Waals surface area contributed by atoms with E-state index in [0.717, 1.165) is 37.2 Å². The third kappa shape index (κ3) is 2.87. The zero-order chi connectivity index (χ0) is 17.6. The van der Waals surface area contributed by atoms with Crippen LogP contribution < -0.4 is 5.32 Å². The molecule has 7 nitrogen and oxygen atoms in total. The average Bonchev–Trinajstić information content (AvgIpc) is 3.34. The number of halogens is 1. The number of aromatic carboxylic acids is 1. The van der Waals surface area contributed by atoms with Gasteiger partial charge in [0.1, 0.15) is 0 Å². The summed E-state index contributed by atoms with van der Waals surface area (Å²) in [6, 6.07) is 6.83. The van der Waals surface area contributed by atoms with Gasteiger partial charge in [-0.3, -0.25) is 9.48 Å². The molecule has 2 heterocycles. The van der Waals surface area contributed by atoms with Crippen LogP contribution in [0.25, 0.3) is 0 Å². The van der Waals surface area contributed by atoms with Gasteiger partial charge in [-0.25, -0.2) is 4.79 Å². The third-order valence-corrected chi connectivity index (χ3v) is 5.31. The first-order valence-electron chi connectivity index (χ1n) is 8.40. The Morgan fingerprint density at radius 3 is 2.58 bits per heavy atom. The Labute approximate surface area is 157 Å². The molecule has 1 saturated carbocycles. The second-order valence-corrected chi connectivity index (χ2v) is 6.68. The van der Waals surface area contributed by atoms with E-state index in [9.17, 15) is 9.59 Å². The molecule has 26 heavy (non-hydrogen) atoms. The standard InChI is InChI=1S/C18H20N4O3.ClH/c1-21(16(23)14-10-20-22-9-8-19-11-15(14)22)18(6-7-18)13-4-2-12(3-5-13)17(24)25;/h2-5,10,19H,6-9,11H2,1H3,(H,24,25);1H. The number of carboxylic acids is 1. The highest BCUT2D eigenvalue weighted by Crippen LogP contribution is 2.50. The van der Waals surface area contributed by atoms with Crippen LogP contribution in [0, 0.1) is 0 Å². The summed E-state index contributed by atoms with van der Waals surface area (Å²) < 4.78 is 1.89. The molecule has 1 amide bonds. The summed E-state index contributed by atoms with van der Waals surface area (Å²) in [6.45, 7) is 2.28. The topological polar surface area (TPSA) is 87.5 Å². The van der Waals surface area contributed by atoms with Crippen molar-refractivity contribution >= 4 is 24.3 Å². The molecule has 1 fully saturated rings. The lowest BCUT2D eigenvalue weighted by Gasteiger charge is -2.29. The molecular formula is C18H21ClN4O3. The van der Waals surface area contributed by atoms with E-state index in [1.165, 1.54) is 0 Å². The first-order valence-corrected chi connectivity index (χ1v) is 8.40. The number of carbonyl (C=O) groups is 2. The fourth-order valence-electron chi connectivity index (χ4n) is 3.59. The summed E-state index contributed by atoms with van der Waals surface area (Å²) in [5.74, 6) is -0.982. The maximum Gasteiger partial charge on any atom is 0.335 e. The lowest BCUT2D eigenvalue weighted by molar-refractivity contribution is 0.0686. The van der Waals surface area contributed by atoms with Gasteiger partial charge in [-0.15, -0.1) is 12.4 Å². The van der Waals surface area contributed by atoms with Gasteiger partial charge in [-0.2, -0.15) is 5.10 Å². The first kappa shape index (κ1) is 18.4. The molecule has 0 saturated heterocycles. The Hall–Kier alpha value is -2.38. The fourth-order valence-corrected chi connectivity index (χ4v) is 3.59. The number of carbonyl (C=O) groups excluding carboxylic acids is 1. The van der Waals surface area contributed by atoms with E-state index in [4.69, 9.17) is 5.11 Å². The highest BCUT2D eigenvalue weighted by atomic mass is 35.5. The second kappa shape index (κ2) is 6.74. The minimum atomic E-state index is -0.945. The SMILES string of the molecule is CN(C(=O)c1cnn2c1CNCC2)C1(c2ccc(C(=O)O)cc2)CC1.Cl. The van der Waals surface area contributed by atoms with Crippen LogP contribution in [0.3, 0.4) is 0 Å². The molecule has 1 aliphatic carbocycles. The van der Waals surface area contributed by atoms with Crippen molar-refractivity contribution in [3.05, 3.63) is 52.8 Å². The number of carboxylic acid groups (broad SMARTS) is 1. The largest absolute Gasteiger partial charge is 0.478 e. The van der Waals surface area contributed by atoms with Gasteiger partial charge >= 0.3 is 5.97 Å². The third-order valence-electron chi connectivity index (χ3n) is 5.31. The lowest BCUT2D eigenvalue weighted by Crippen LogP contribution is -2.38. The maximum absolute atomic E-state index is 13.1. The van der Waals surface area contributed by atoms with Crippen molar-refractivity contribution in [3.8, 4) is 0 Å². The van der Waals surface area contributed by atoms with Gasteiger partial charge in [0.05, 0.1) is 35.1 Å². The molecular weight excluding hydrogens is 356 g/mol. The van der Waals surface area contributed by atoms with E-state index < -0.39 is 5.97 Å². The van der Waals surface area contributed by atoms with Gasteiger partial charge in [-0.05, 0) is 30.5 Å². The smallest absolute Gasteiger partial charge is 0.335 e. The predicted molar refractivity (Wildman–Crippen MR) is 97.6 cm³/mol. The van der Waals surface area contributed by atoms with Crippen LogP contribution in [-0.4, -0.2) is 45.3 Å². The average molecular weight is 377 g/mol. The van der Waals surface area contributed by atoms with Crippen molar-refractivity contribution in [2.45, 2.75) is 31.5 Å². The van der Waals surface area contributed by atoms with Gasteiger partial charge in [0.25, 0.3) is 5.91 Å². The zero-order valence-electron chi connectivity index (χ0n) is 14.4.